The van der Waals surface area contributed by atoms with Crippen molar-refractivity contribution >= 4 is 23.2 Å². The van der Waals surface area contributed by atoms with Crippen LogP contribution in [0.15, 0.2) is 30.5 Å². The van der Waals surface area contributed by atoms with Crippen molar-refractivity contribution in [3.05, 3.63) is 51.5 Å². The molecule has 0 spiro atoms. The molecule has 2 atom stereocenters. The molecule has 1 aromatic carbocycles. The summed E-state index contributed by atoms with van der Waals surface area (Å²) < 4.78 is 5.59. The Kier molecular flexibility index (Phi) is 5.45. The van der Waals surface area contributed by atoms with Gasteiger partial charge in [0.15, 0.2) is 0 Å². The predicted octanol–water partition coefficient (Wildman–Crippen LogP) is 3.25. The lowest BCUT2D eigenvalue weighted by Crippen LogP contribution is -2.30. The van der Waals surface area contributed by atoms with Crippen molar-refractivity contribution in [2.24, 2.45) is 0 Å². The molecule has 1 fully saturated rings. The number of benzene rings is 1. The van der Waals surface area contributed by atoms with Gasteiger partial charge in [0.25, 0.3) is 5.91 Å². The van der Waals surface area contributed by atoms with Gasteiger partial charge in [-0.1, -0.05) is 24.3 Å². The minimum Gasteiger partial charge on any atom is -0.481 e. The van der Waals surface area contributed by atoms with E-state index in [1.54, 1.807) is 0 Å². The molecule has 1 aliphatic heterocycles. The maximum atomic E-state index is 12.6. The third kappa shape index (κ3) is 4.24. The van der Waals surface area contributed by atoms with Crippen LogP contribution in [0.1, 0.15) is 57.2 Å². The summed E-state index contributed by atoms with van der Waals surface area (Å²) in [6.07, 6.45) is 3.25. The summed E-state index contributed by atoms with van der Waals surface area (Å²) >= 11 is 1.30. The van der Waals surface area contributed by atoms with Crippen LogP contribution in [0.2, 0.25) is 0 Å². The summed E-state index contributed by atoms with van der Waals surface area (Å²) in [6.45, 7) is 2.62. The molecule has 1 aromatic heterocycles. The zero-order valence-corrected chi connectivity index (χ0v) is 14.7. The Morgan fingerprint density at radius 2 is 2.24 bits per heavy atom. The van der Waals surface area contributed by atoms with Gasteiger partial charge in [-0.2, -0.15) is 0 Å². The fraction of sp³-hybridized carbons (Fsp3) is 0.389. The number of aliphatic carboxylic acids is 1. The first-order valence-corrected chi connectivity index (χ1v) is 9.01. The molecule has 2 unspecified atom stereocenters. The molecule has 25 heavy (non-hydrogen) atoms. The van der Waals surface area contributed by atoms with Crippen LogP contribution >= 0.6 is 11.3 Å². The Hall–Kier alpha value is -2.25. The molecule has 2 heterocycles. The Bertz CT molecular complexity index is 768. The van der Waals surface area contributed by atoms with Gasteiger partial charge in [0.05, 0.1) is 18.7 Å². The number of aromatic nitrogens is 1. The smallest absolute Gasteiger partial charge is 0.305 e. The summed E-state index contributed by atoms with van der Waals surface area (Å²) in [5, 5.41) is 12.8. The van der Waals surface area contributed by atoms with Crippen LogP contribution in [0, 0.1) is 6.92 Å². The molecule has 2 aromatic rings. The summed E-state index contributed by atoms with van der Waals surface area (Å²) in [7, 11) is 0. The highest BCUT2D eigenvalue weighted by Gasteiger charge is 2.24. The Labute approximate surface area is 149 Å². The van der Waals surface area contributed by atoms with Crippen LogP contribution in [0.3, 0.4) is 0 Å². The van der Waals surface area contributed by atoms with Crippen LogP contribution in [0.25, 0.3) is 0 Å². The van der Waals surface area contributed by atoms with Crippen LogP contribution < -0.4 is 5.32 Å². The Balaban J connectivity index is 1.76. The van der Waals surface area contributed by atoms with Gasteiger partial charge in [0.1, 0.15) is 16.0 Å². The molecular formula is C18H20N2O4S. The first-order chi connectivity index (χ1) is 12.0. The molecule has 2 N–H and O–H groups in total. The normalized spacial score (nSPS) is 18.0. The van der Waals surface area contributed by atoms with E-state index >= 15 is 0 Å². The van der Waals surface area contributed by atoms with Crippen LogP contribution in [-0.2, 0) is 9.53 Å². The monoisotopic (exact) mass is 360 g/mol. The zero-order chi connectivity index (χ0) is 17.8. The highest BCUT2D eigenvalue weighted by atomic mass is 32.1. The maximum absolute atomic E-state index is 12.6. The number of nitrogens with zero attached hydrogens (tertiary/aromatic N) is 1. The number of carbonyl (C=O) groups is 2. The molecule has 7 heteroatoms. The van der Waals surface area contributed by atoms with Crippen molar-refractivity contribution in [3.63, 3.8) is 0 Å². The number of carboxylic acid groups (broad SMARTS) is 1. The number of aryl methyl sites for hydroxylation is 1. The topological polar surface area (TPSA) is 88.5 Å². The fourth-order valence-electron chi connectivity index (χ4n) is 2.93. The van der Waals surface area contributed by atoms with E-state index in [2.05, 4.69) is 10.3 Å². The highest BCUT2D eigenvalue weighted by molar-refractivity contribution is 7.13. The van der Waals surface area contributed by atoms with Crippen molar-refractivity contribution in [2.45, 2.75) is 38.3 Å². The number of carboxylic acids is 1. The molecule has 1 amide bonds. The molecule has 0 bridgehead atoms. The Morgan fingerprint density at radius 1 is 1.44 bits per heavy atom. The lowest BCUT2D eigenvalue weighted by molar-refractivity contribution is -0.137. The number of hydrogen-bond donors (Lipinski definition) is 2. The van der Waals surface area contributed by atoms with Gasteiger partial charge in [0.2, 0.25) is 0 Å². The fourth-order valence-corrected chi connectivity index (χ4v) is 3.84. The van der Waals surface area contributed by atoms with Crippen molar-refractivity contribution in [1.29, 1.82) is 0 Å². The van der Waals surface area contributed by atoms with E-state index in [4.69, 9.17) is 4.74 Å². The number of nitrogens with one attached hydrogen (secondary N) is 1. The second-order valence-corrected chi connectivity index (χ2v) is 7.11. The molecule has 132 valence electrons. The number of rotatable bonds is 6. The van der Waals surface area contributed by atoms with Crippen molar-refractivity contribution in [3.8, 4) is 0 Å². The predicted molar refractivity (Wildman–Crippen MR) is 93.7 cm³/mol. The lowest BCUT2D eigenvalue weighted by atomic mass is 9.98. The number of amides is 1. The number of hydrogen-bond acceptors (Lipinski definition) is 5. The summed E-state index contributed by atoms with van der Waals surface area (Å²) in [5.74, 6) is -1.27. The third-order valence-electron chi connectivity index (χ3n) is 4.20. The average molecular weight is 360 g/mol. The van der Waals surface area contributed by atoms with Crippen molar-refractivity contribution < 1.29 is 19.4 Å². The summed E-state index contributed by atoms with van der Waals surface area (Å²) in [6, 6.07) is 6.88. The molecule has 1 saturated heterocycles. The lowest BCUT2D eigenvalue weighted by Gasteiger charge is -2.19. The first-order valence-electron chi connectivity index (χ1n) is 8.20. The molecule has 0 aliphatic carbocycles. The molecule has 0 saturated carbocycles. The number of ether oxygens (including phenoxy) is 1. The molecule has 0 radical (unpaired) electrons. The van der Waals surface area contributed by atoms with Crippen molar-refractivity contribution in [2.75, 3.05) is 6.61 Å². The largest absolute Gasteiger partial charge is 0.481 e. The van der Waals surface area contributed by atoms with Crippen LogP contribution in [-0.4, -0.2) is 28.6 Å². The van der Waals surface area contributed by atoms with E-state index < -0.39 is 12.0 Å². The van der Waals surface area contributed by atoms with Gasteiger partial charge in [-0.05, 0) is 30.9 Å². The summed E-state index contributed by atoms with van der Waals surface area (Å²) in [5.41, 5.74) is 1.75. The second kappa shape index (κ2) is 7.76. The molecule has 3 rings (SSSR count). The third-order valence-corrected chi connectivity index (χ3v) is 5.29. The van der Waals surface area contributed by atoms with Crippen LogP contribution in [0.5, 0.6) is 0 Å². The zero-order valence-electron chi connectivity index (χ0n) is 13.9. The first kappa shape index (κ1) is 17.6. The molecule has 1 aliphatic rings. The average Bonchev–Trinajstić information content (AvgIpc) is 3.25. The van der Waals surface area contributed by atoms with Gasteiger partial charge in [0, 0.05) is 6.61 Å². The minimum atomic E-state index is -0.960. The van der Waals surface area contributed by atoms with Gasteiger partial charge in [-0.25, -0.2) is 4.98 Å². The maximum Gasteiger partial charge on any atom is 0.305 e. The quantitative estimate of drug-likeness (QED) is 0.825. The van der Waals surface area contributed by atoms with E-state index in [1.165, 1.54) is 17.5 Å². The second-order valence-electron chi connectivity index (χ2n) is 6.04. The van der Waals surface area contributed by atoms with E-state index in [1.807, 2.05) is 31.2 Å². The number of carbonyl (C=O) groups excluding carboxylic acids is 1. The van der Waals surface area contributed by atoms with Crippen molar-refractivity contribution in [1.82, 2.24) is 10.3 Å². The summed E-state index contributed by atoms with van der Waals surface area (Å²) in [4.78, 5) is 28.5. The van der Waals surface area contributed by atoms with Gasteiger partial charge in [-0.3, -0.25) is 9.59 Å². The van der Waals surface area contributed by atoms with Gasteiger partial charge in [-0.15, -0.1) is 11.3 Å². The van der Waals surface area contributed by atoms with Gasteiger partial charge < -0.3 is 15.2 Å². The minimum absolute atomic E-state index is 0.0299. The number of thiazole rings is 1. The van der Waals surface area contributed by atoms with Gasteiger partial charge >= 0.3 is 5.97 Å². The van der Waals surface area contributed by atoms with E-state index in [-0.39, 0.29) is 18.4 Å². The standard InChI is InChI=1S/C18H20N2O4S/c1-11-5-2-3-6-12(11)13(9-16(21)22)20-17(23)15-10-19-18(25-15)14-7-4-8-24-14/h2-3,5-6,10,13-14H,4,7-9H2,1H3,(H,20,23)(H,21,22). The molecular weight excluding hydrogens is 340 g/mol. The Morgan fingerprint density at radius 3 is 2.92 bits per heavy atom. The highest BCUT2D eigenvalue weighted by Crippen LogP contribution is 2.31. The van der Waals surface area contributed by atoms with E-state index in [0.717, 1.165) is 35.6 Å². The SMILES string of the molecule is Cc1ccccc1C(CC(=O)O)NC(=O)c1cnc(C2CCCO2)s1. The molecule has 6 nitrogen and oxygen atoms in total. The van der Waals surface area contributed by atoms with E-state index in [9.17, 15) is 14.7 Å². The van der Waals surface area contributed by atoms with E-state index in [0.29, 0.717) is 4.88 Å². The van der Waals surface area contributed by atoms with Crippen LogP contribution in [0.4, 0.5) is 0 Å².